The molecule has 2 saturated heterocycles. The third-order valence-electron chi connectivity index (χ3n) is 5.03. The predicted molar refractivity (Wildman–Crippen MR) is 99.0 cm³/mol. The minimum absolute atomic E-state index is 0.174. The maximum atomic E-state index is 12.8. The van der Waals surface area contributed by atoms with E-state index in [0.717, 1.165) is 0 Å². The van der Waals surface area contributed by atoms with Gasteiger partial charge in [0.15, 0.2) is 0 Å². The van der Waals surface area contributed by atoms with Crippen LogP contribution in [0.2, 0.25) is 0 Å². The number of hydrogen-bond donors (Lipinski definition) is 3. The van der Waals surface area contributed by atoms with Gasteiger partial charge in [-0.25, -0.2) is 4.79 Å². The van der Waals surface area contributed by atoms with Gasteiger partial charge in [-0.3, -0.25) is 14.5 Å². The number of aliphatic hydroxyl groups is 1. The summed E-state index contributed by atoms with van der Waals surface area (Å²) in [4.78, 5) is 40.3. The van der Waals surface area contributed by atoms with Crippen molar-refractivity contribution in [3.63, 3.8) is 0 Å². The quantitative estimate of drug-likeness (QED) is 0.561. The highest BCUT2D eigenvalue weighted by Crippen LogP contribution is 2.38. The molecule has 0 aromatic carbocycles. The van der Waals surface area contributed by atoms with Gasteiger partial charge in [0.2, 0.25) is 11.8 Å². The summed E-state index contributed by atoms with van der Waals surface area (Å²) in [6, 6.07) is -1.09. The minimum Gasteiger partial charge on any atom is -0.444 e. The Hall–Kier alpha value is -1.87. The second-order valence-electron chi connectivity index (χ2n) is 8.62. The van der Waals surface area contributed by atoms with E-state index in [1.54, 1.807) is 41.8 Å². The summed E-state index contributed by atoms with van der Waals surface area (Å²) in [5.74, 6) is -0.421. The normalized spacial score (nSPS) is 27.0. The fraction of sp³-hybridized carbons (Fsp3) is 0.833. The number of rotatable bonds is 5. The predicted octanol–water partition coefficient (Wildman–Crippen LogP) is -0.318. The van der Waals surface area contributed by atoms with Crippen LogP contribution in [0.1, 0.15) is 40.5 Å². The number of nitrogens with one attached hydrogen (secondary N) is 2. The number of β-lactam (4-membered cyclic amide) rings is 1. The molecule has 3 N–H and O–H groups in total. The lowest BCUT2D eigenvalue weighted by Gasteiger charge is -2.46. The van der Waals surface area contributed by atoms with Crippen LogP contribution in [-0.2, 0) is 14.3 Å². The van der Waals surface area contributed by atoms with E-state index in [2.05, 4.69) is 10.6 Å². The average Bonchev–Trinajstić information content (AvgIpc) is 2.93. The second kappa shape index (κ2) is 7.63. The van der Waals surface area contributed by atoms with E-state index in [9.17, 15) is 19.5 Å². The van der Waals surface area contributed by atoms with Crippen LogP contribution in [-0.4, -0.2) is 89.3 Å². The molecule has 154 valence electrons. The Kier molecular flexibility index (Phi) is 6.06. The number of carbonyl (C=O) groups excluding carboxylic acids is 3. The van der Waals surface area contributed by atoms with Crippen LogP contribution >= 0.6 is 0 Å². The van der Waals surface area contributed by atoms with Crippen LogP contribution in [0, 0.1) is 0 Å². The van der Waals surface area contributed by atoms with Gasteiger partial charge in [-0.05, 0) is 40.5 Å². The highest BCUT2D eigenvalue weighted by Gasteiger charge is 2.59. The summed E-state index contributed by atoms with van der Waals surface area (Å²) in [5, 5.41) is 15.7. The highest BCUT2D eigenvalue weighted by atomic mass is 16.6. The Bertz CT molecular complexity index is 601. The number of hydrogen-bond acceptors (Lipinski definition) is 6. The number of likely N-dealkylation sites (tertiary alicyclic amines) is 1. The van der Waals surface area contributed by atoms with Gasteiger partial charge in [0, 0.05) is 26.7 Å². The summed E-state index contributed by atoms with van der Waals surface area (Å²) in [5.41, 5.74) is -1.55. The number of ether oxygens (including phenoxy) is 1. The molecule has 9 nitrogen and oxygen atoms in total. The molecule has 2 fully saturated rings. The van der Waals surface area contributed by atoms with E-state index >= 15 is 0 Å². The Morgan fingerprint density at radius 2 is 2.07 bits per heavy atom. The van der Waals surface area contributed by atoms with Crippen molar-refractivity contribution in [3.05, 3.63) is 0 Å². The lowest BCUT2D eigenvalue weighted by molar-refractivity contribution is -0.142. The minimum atomic E-state index is -0.891. The molecule has 0 saturated carbocycles. The van der Waals surface area contributed by atoms with Gasteiger partial charge in [-0.1, -0.05) is 0 Å². The van der Waals surface area contributed by atoms with Crippen molar-refractivity contribution in [2.24, 2.45) is 0 Å². The molecule has 2 aliphatic rings. The first-order valence-corrected chi connectivity index (χ1v) is 9.32. The zero-order valence-electron chi connectivity index (χ0n) is 17.0. The molecule has 9 heteroatoms. The monoisotopic (exact) mass is 384 g/mol. The molecule has 0 bridgehead atoms. The summed E-state index contributed by atoms with van der Waals surface area (Å²) in [7, 11) is 3.24. The highest BCUT2D eigenvalue weighted by molar-refractivity contribution is 5.96. The first-order valence-electron chi connectivity index (χ1n) is 9.32. The van der Waals surface area contributed by atoms with Crippen molar-refractivity contribution < 1.29 is 24.2 Å². The van der Waals surface area contributed by atoms with Crippen molar-refractivity contribution in [1.82, 2.24) is 20.4 Å². The molecule has 2 heterocycles. The first kappa shape index (κ1) is 21.4. The molecule has 2 aliphatic heterocycles. The number of aliphatic hydroxyl groups excluding tert-OH is 1. The lowest BCUT2D eigenvalue weighted by Crippen LogP contribution is -2.73. The number of likely N-dealkylation sites (N-methyl/N-ethyl adjacent to an activating group) is 1. The molecule has 4 unspecified atom stereocenters. The SMILES string of the molecule is CC(O)C(NCC1CCC2(CNC2=O)N1C(=O)OC(C)(C)C)C(=O)N(C)C. The summed E-state index contributed by atoms with van der Waals surface area (Å²) in [6.45, 7) is 7.56. The molecule has 0 radical (unpaired) electrons. The maximum absolute atomic E-state index is 12.8. The maximum Gasteiger partial charge on any atom is 0.411 e. The van der Waals surface area contributed by atoms with Crippen LogP contribution in [0.25, 0.3) is 0 Å². The molecule has 3 amide bonds. The van der Waals surface area contributed by atoms with Crippen LogP contribution in [0.4, 0.5) is 4.79 Å². The average molecular weight is 384 g/mol. The van der Waals surface area contributed by atoms with Gasteiger partial charge in [0.05, 0.1) is 12.6 Å². The van der Waals surface area contributed by atoms with E-state index in [1.807, 2.05) is 0 Å². The van der Waals surface area contributed by atoms with Gasteiger partial charge in [-0.15, -0.1) is 0 Å². The fourth-order valence-corrected chi connectivity index (χ4v) is 3.60. The molecular formula is C18H32N4O5. The molecular weight excluding hydrogens is 352 g/mol. The van der Waals surface area contributed by atoms with E-state index in [1.165, 1.54) is 9.80 Å². The zero-order valence-corrected chi connectivity index (χ0v) is 17.0. The topological polar surface area (TPSA) is 111 Å². The van der Waals surface area contributed by atoms with E-state index < -0.39 is 29.4 Å². The Morgan fingerprint density at radius 1 is 1.44 bits per heavy atom. The van der Waals surface area contributed by atoms with Gasteiger partial charge < -0.3 is 25.4 Å². The molecule has 4 atom stereocenters. The molecule has 1 spiro atoms. The van der Waals surface area contributed by atoms with Crippen LogP contribution in [0.5, 0.6) is 0 Å². The van der Waals surface area contributed by atoms with Gasteiger partial charge in [-0.2, -0.15) is 0 Å². The third kappa shape index (κ3) is 4.35. The summed E-state index contributed by atoms with van der Waals surface area (Å²) >= 11 is 0. The number of amides is 3. The lowest BCUT2D eigenvalue weighted by atomic mass is 9.88. The van der Waals surface area contributed by atoms with Gasteiger partial charge in [0.1, 0.15) is 17.2 Å². The molecule has 0 aliphatic carbocycles. The second-order valence-corrected chi connectivity index (χ2v) is 8.62. The van der Waals surface area contributed by atoms with Crippen LogP contribution < -0.4 is 10.6 Å². The van der Waals surface area contributed by atoms with E-state index in [-0.39, 0.29) is 24.4 Å². The number of carbonyl (C=O) groups is 3. The Balaban J connectivity index is 2.15. The third-order valence-corrected chi connectivity index (χ3v) is 5.03. The van der Waals surface area contributed by atoms with Crippen molar-refractivity contribution in [3.8, 4) is 0 Å². The van der Waals surface area contributed by atoms with Crippen molar-refractivity contribution in [2.45, 2.75) is 69.9 Å². The van der Waals surface area contributed by atoms with Crippen LogP contribution in [0.15, 0.2) is 0 Å². The standard InChI is InChI=1S/C18H32N4O5/c1-11(23)13(14(24)21(5)6)19-9-12-7-8-18(10-20-15(18)25)22(12)16(26)27-17(2,3)4/h11-13,19,23H,7-10H2,1-6H3,(H,20,25). The summed E-state index contributed by atoms with van der Waals surface area (Å²) in [6.07, 6.45) is -0.264. The molecule has 0 aromatic rings. The Labute approximate surface area is 160 Å². The van der Waals surface area contributed by atoms with E-state index in [4.69, 9.17) is 4.74 Å². The largest absolute Gasteiger partial charge is 0.444 e. The molecule has 2 rings (SSSR count). The number of nitrogens with zero attached hydrogens (tertiary/aromatic N) is 2. The molecule has 27 heavy (non-hydrogen) atoms. The van der Waals surface area contributed by atoms with Crippen molar-refractivity contribution in [2.75, 3.05) is 27.2 Å². The molecule has 0 aromatic heterocycles. The Morgan fingerprint density at radius 3 is 2.48 bits per heavy atom. The van der Waals surface area contributed by atoms with Gasteiger partial charge >= 0.3 is 6.09 Å². The fourth-order valence-electron chi connectivity index (χ4n) is 3.60. The zero-order chi connectivity index (χ0) is 20.6. The van der Waals surface area contributed by atoms with Crippen molar-refractivity contribution >= 4 is 17.9 Å². The van der Waals surface area contributed by atoms with E-state index in [0.29, 0.717) is 19.4 Å². The van der Waals surface area contributed by atoms with Crippen LogP contribution in [0.3, 0.4) is 0 Å². The van der Waals surface area contributed by atoms with Crippen molar-refractivity contribution in [1.29, 1.82) is 0 Å². The first-order chi connectivity index (χ1) is 12.4. The smallest absolute Gasteiger partial charge is 0.411 e. The van der Waals surface area contributed by atoms with Gasteiger partial charge in [0.25, 0.3) is 0 Å². The summed E-state index contributed by atoms with van der Waals surface area (Å²) < 4.78 is 5.53.